The van der Waals surface area contributed by atoms with E-state index < -0.39 is 12.0 Å². The second kappa shape index (κ2) is 5.49. The molecule has 0 radical (unpaired) electrons. The van der Waals surface area contributed by atoms with E-state index in [1.165, 1.54) is 6.07 Å². The van der Waals surface area contributed by atoms with Gasteiger partial charge in [-0.25, -0.2) is 15.8 Å². The van der Waals surface area contributed by atoms with Crippen molar-refractivity contribution in [3.8, 4) is 0 Å². The SMILES string of the molecule is NNc1cc(NC2CCC(=O)NC2)nc(C(F)(F)F)n1. The van der Waals surface area contributed by atoms with Crippen molar-refractivity contribution >= 4 is 17.5 Å². The molecule has 1 aliphatic rings. The Labute approximate surface area is 112 Å². The minimum atomic E-state index is -4.66. The highest BCUT2D eigenvalue weighted by Gasteiger charge is 2.35. The molecule has 5 N–H and O–H groups in total. The number of halogens is 3. The number of nitrogens with two attached hydrogens (primary N) is 1. The number of anilines is 2. The van der Waals surface area contributed by atoms with Crippen molar-refractivity contribution in [2.75, 3.05) is 17.3 Å². The maximum absolute atomic E-state index is 12.6. The molecule has 1 saturated heterocycles. The summed E-state index contributed by atoms with van der Waals surface area (Å²) in [6.45, 7) is 0.329. The number of aromatic nitrogens is 2. The number of carbonyl (C=O) groups excluding carboxylic acids is 1. The number of rotatable bonds is 3. The molecule has 0 bridgehead atoms. The second-order valence-electron chi connectivity index (χ2n) is 4.29. The molecule has 2 heterocycles. The van der Waals surface area contributed by atoms with Crippen LogP contribution in [0.3, 0.4) is 0 Å². The molecular formula is C10H13F3N6O. The molecule has 1 aromatic rings. The van der Waals surface area contributed by atoms with Crippen molar-refractivity contribution in [1.82, 2.24) is 15.3 Å². The summed E-state index contributed by atoms with van der Waals surface area (Å²) < 4.78 is 37.9. The quantitative estimate of drug-likeness (QED) is 0.476. The third kappa shape index (κ3) is 3.47. The highest BCUT2D eigenvalue weighted by atomic mass is 19.4. The van der Waals surface area contributed by atoms with Crippen LogP contribution >= 0.6 is 0 Å². The fraction of sp³-hybridized carbons (Fsp3) is 0.500. The van der Waals surface area contributed by atoms with Gasteiger partial charge in [-0.2, -0.15) is 13.2 Å². The van der Waals surface area contributed by atoms with Gasteiger partial charge in [-0.05, 0) is 6.42 Å². The molecule has 0 aliphatic carbocycles. The number of carbonyl (C=O) groups is 1. The van der Waals surface area contributed by atoms with Gasteiger partial charge in [-0.15, -0.1) is 0 Å². The standard InChI is InChI=1S/C10H13F3N6O/c11-10(12,13)9-17-6(3-7(18-9)19-14)16-5-1-2-8(20)15-4-5/h3,5H,1-2,4,14H2,(H,15,20)(H2,16,17,18,19). The van der Waals surface area contributed by atoms with E-state index >= 15 is 0 Å². The van der Waals surface area contributed by atoms with Crippen LogP contribution in [0.25, 0.3) is 0 Å². The third-order valence-corrected chi connectivity index (χ3v) is 2.75. The molecule has 1 atom stereocenters. The van der Waals surface area contributed by atoms with Crippen LogP contribution in [0.15, 0.2) is 6.07 Å². The first-order valence-electron chi connectivity index (χ1n) is 5.84. The van der Waals surface area contributed by atoms with Crippen molar-refractivity contribution in [2.24, 2.45) is 5.84 Å². The monoisotopic (exact) mass is 290 g/mol. The lowest BCUT2D eigenvalue weighted by atomic mass is 10.1. The predicted octanol–water partition coefficient (Wildman–Crippen LogP) is 0.471. The summed E-state index contributed by atoms with van der Waals surface area (Å²) in [4.78, 5) is 17.7. The second-order valence-corrected chi connectivity index (χ2v) is 4.29. The van der Waals surface area contributed by atoms with Gasteiger partial charge in [0.15, 0.2) is 0 Å². The van der Waals surface area contributed by atoms with E-state index in [1.54, 1.807) is 0 Å². The number of hydrogen-bond acceptors (Lipinski definition) is 6. The fourth-order valence-electron chi connectivity index (χ4n) is 1.79. The Balaban J connectivity index is 2.16. The predicted molar refractivity (Wildman–Crippen MR) is 64.5 cm³/mol. The average molecular weight is 290 g/mol. The van der Waals surface area contributed by atoms with Gasteiger partial charge in [0.1, 0.15) is 11.6 Å². The number of nitrogens with one attached hydrogen (secondary N) is 3. The van der Waals surface area contributed by atoms with Crippen molar-refractivity contribution in [2.45, 2.75) is 25.1 Å². The first-order chi connectivity index (χ1) is 9.38. The molecular weight excluding hydrogens is 277 g/mol. The zero-order valence-electron chi connectivity index (χ0n) is 10.3. The summed E-state index contributed by atoms with van der Waals surface area (Å²) in [7, 11) is 0. The van der Waals surface area contributed by atoms with Gasteiger partial charge in [-0.3, -0.25) is 4.79 Å². The summed E-state index contributed by atoms with van der Waals surface area (Å²) in [5.74, 6) is 3.59. The van der Waals surface area contributed by atoms with Crippen LogP contribution in [0.5, 0.6) is 0 Å². The van der Waals surface area contributed by atoms with E-state index in [0.29, 0.717) is 19.4 Å². The average Bonchev–Trinajstić information content (AvgIpc) is 2.40. The summed E-state index contributed by atoms with van der Waals surface area (Å²) in [6.07, 6.45) is -3.83. The first kappa shape index (κ1) is 14.3. The highest BCUT2D eigenvalue weighted by Crippen LogP contribution is 2.28. The zero-order chi connectivity index (χ0) is 14.8. The van der Waals surface area contributed by atoms with Gasteiger partial charge >= 0.3 is 6.18 Å². The Kier molecular flexibility index (Phi) is 3.93. The highest BCUT2D eigenvalue weighted by molar-refractivity contribution is 5.77. The van der Waals surface area contributed by atoms with Crippen molar-refractivity contribution in [3.63, 3.8) is 0 Å². The van der Waals surface area contributed by atoms with E-state index in [2.05, 4.69) is 26.0 Å². The Hall–Kier alpha value is -2.10. The third-order valence-electron chi connectivity index (χ3n) is 2.75. The molecule has 0 aromatic carbocycles. The molecule has 2 rings (SSSR count). The summed E-state index contributed by atoms with van der Waals surface area (Å²) >= 11 is 0. The molecule has 1 amide bonds. The number of hydrogen-bond donors (Lipinski definition) is 4. The minimum Gasteiger partial charge on any atom is -0.365 e. The molecule has 1 unspecified atom stereocenters. The molecule has 0 saturated carbocycles. The molecule has 20 heavy (non-hydrogen) atoms. The van der Waals surface area contributed by atoms with Gasteiger partial charge in [0.2, 0.25) is 11.7 Å². The largest absolute Gasteiger partial charge is 0.451 e. The topological polar surface area (TPSA) is 105 Å². The molecule has 1 aromatic heterocycles. The molecule has 0 spiro atoms. The maximum Gasteiger partial charge on any atom is 0.451 e. The van der Waals surface area contributed by atoms with Crippen LogP contribution in [-0.4, -0.2) is 28.5 Å². The van der Waals surface area contributed by atoms with Crippen LogP contribution in [-0.2, 0) is 11.0 Å². The molecule has 1 aliphatic heterocycles. The Bertz CT molecular complexity index is 496. The van der Waals surface area contributed by atoms with E-state index in [0.717, 1.165) is 0 Å². The van der Waals surface area contributed by atoms with Crippen LogP contribution in [0.4, 0.5) is 24.8 Å². The van der Waals surface area contributed by atoms with E-state index in [1.807, 2.05) is 0 Å². The fourth-order valence-corrected chi connectivity index (χ4v) is 1.79. The summed E-state index contributed by atoms with van der Waals surface area (Å²) in [5, 5.41) is 5.45. The first-order valence-corrected chi connectivity index (χ1v) is 5.84. The zero-order valence-corrected chi connectivity index (χ0v) is 10.3. The van der Waals surface area contributed by atoms with Gasteiger partial charge in [0.05, 0.1) is 0 Å². The van der Waals surface area contributed by atoms with Gasteiger partial charge in [0.25, 0.3) is 0 Å². The smallest absolute Gasteiger partial charge is 0.365 e. The van der Waals surface area contributed by atoms with Crippen LogP contribution < -0.4 is 21.9 Å². The van der Waals surface area contributed by atoms with Crippen LogP contribution in [0.2, 0.25) is 0 Å². The minimum absolute atomic E-state index is 0.00132. The van der Waals surface area contributed by atoms with E-state index in [9.17, 15) is 18.0 Å². The van der Waals surface area contributed by atoms with Crippen molar-refractivity contribution in [3.05, 3.63) is 11.9 Å². The Morgan fingerprint density at radius 2 is 2.05 bits per heavy atom. The number of amides is 1. The maximum atomic E-state index is 12.6. The Morgan fingerprint density at radius 1 is 1.35 bits per heavy atom. The van der Waals surface area contributed by atoms with E-state index in [4.69, 9.17) is 5.84 Å². The number of nitrogen functional groups attached to an aromatic ring is 1. The molecule has 110 valence electrons. The summed E-state index contributed by atoms with van der Waals surface area (Å²) in [6, 6.07) is 1.08. The number of hydrazine groups is 1. The molecule has 1 fully saturated rings. The van der Waals surface area contributed by atoms with Gasteiger partial charge in [0, 0.05) is 25.1 Å². The number of nitrogens with zero attached hydrogens (tertiary/aromatic N) is 2. The normalized spacial score (nSPS) is 19.4. The van der Waals surface area contributed by atoms with Crippen molar-refractivity contribution in [1.29, 1.82) is 0 Å². The number of alkyl halides is 3. The Morgan fingerprint density at radius 3 is 2.60 bits per heavy atom. The lowest BCUT2D eigenvalue weighted by Gasteiger charge is -2.24. The summed E-state index contributed by atoms with van der Waals surface area (Å²) in [5.41, 5.74) is 2.06. The van der Waals surface area contributed by atoms with Crippen molar-refractivity contribution < 1.29 is 18.0 Å². The molecule has 7 nitrogen and oxygen atoms in total. The lowest BCUT2D eigenvalue weighted by molar-refractivity contribution is -0.144. The van der Waals surface area contributed by atoms with Gasteiger partial charge in [-0.1, -0.05) is 0 Å². The molecule has 10 heteroatoms. The van der Waals surface area contributed by atoms with Crippen LogP contribution in [0, 0.1) is 0 Å². The van der Waals surface area contributed by atoms with Gasteiger partial charge < -0.3 is 16.1 Å². The lowest BCUT2D eigenvalue weighted by Crippen LogP contribution is -2.42. The van der Waals surface area contributed by atoms with Crippen LogP contribution in [0.1, 0.15) is 18.7 Å². The number of piperidine rings is 1. The van der Waals surface area contributed by atoms with E-state index in [-0.39, 0.29) is 23.6 Å².